The summed E-state index contributed by atoms with van der Waals surface area (Å²) in [6.45, 7) is 9.98. The summed E-state index contributed by atoms with van der Waals surface area (Å²) in [4.78, 5) is 36.9. The molecule has 0 saturated heterocycles. The van der Waals surface area contributed by atoms with Crippen LogP contribution in [0.4, 0.5) is 16.2 Å². The van der Waals surface area contributed by atoms with E-state index >= 15 is 0 Å². The third-order valence-electron chi connectivity index (χ3n) is 8.12. The van der Waals surface area contributed by atoms with E-state index in [0.717, 1.165) is 34.9 Å². The quantitative estimate of drug-likeness (QED) is 0.0514. The molecule has 4 rings (SSSR count). The van der Waals surface area contributed by atoms with Crippen LogP contribution < -0.4 is 24.8 Å². The molecule has 0 heterocycles. The first-order valence-electron chi connectivity index (χ1n) is 17.7. The predicted molar refractivity (Wildman–Crippen MR) is 212 cm³/mol. The second kappa shape index (κ2) is 19.3. The summed E-state index contributed by atoms with van der Waals surface area (Å²) in [5.74, 6) is 0.219. The van der Waals surface area contributed by atoms with E-state index in [1.165, 1.54) is 12.1 Å². The van der Waals surface area contributed by atoms with Crippen molar-refractivity contribution in [2.45, 2.75) is 76.8 Å². The van der Waals surface area contributed by atoms with Crippen LogP contribution in [0, 0.1) is 24.0 Å². The number of benzene rings is 4. The Morgan fingerprint density at radius 1 is 0.855 bits per heavy atom. The monoisotopic (exact) mass is 794 g/mol. The van der Waals surface area contributed by atoms with Gasteiger partial charge in [-0.25, -0.2) is 17.9 Å². The van der Waals surface area contributed by atoms with Gasteiger partial charge in [-0.2, -0.15) is 0 Å². The summed E-state index contributed by atoms with van der Waals surface area (Å²) in [5.41, 5.74) is 2.34. The van der Waals surface area contributed by atoms with Gasteiger partial charge in [-0.1, -0.05) is 54.1 Å². The average Bonchev–Trinajstić information content (AvgIpc) is 3.12. The number of alkyl carbamates (subject to hydrolysis) is 1. The summed E-state index contributed by atoms with van der Waals surface area (Å²) in [6.07, 6.45) is 0.990. The number of nitro benzene ring substituents is 1. The lowest BCUT2D eigenvalue weighted by atomic mass is 10.1. The maximum atomic E-state index is 13.5. The van der Waals surface area contributed by atoms with Gasteiger partial charge < -0.3 is 24.8 Å². The minimum absolute atomic E-state index is 0.110. The fourth-order valence-electron chi connectivity index (χ4n) is 5.45. The zero-order valence-corrected chi connectivity index (χ0v) is 33.1. The maximum Gasteiger partial charge on any atom is 0.408 e. The van der Waals surface area contributed by atoms with Crippen LogP contribution in [0.15, 0.2) is 89.8 Å². The van der Waals surface area contributed by atoms with Crippen LogP contribution in [-0.4, -0.2) is 56.7 Å². The number of sulfonamides is 1. The lowest BCUT2D eigenvalue weighted by Crippen LogP contribution is -2.50. The molecule has 0 bridgehead atoms. The van der Waals surface area contributed by atoms with Crippen molar-refractivity contribution < 1.29 is 37.1 Å². The Balaban J connectivity index is 1.38. The van der Waals surface area contributed by atoms with E-state index in [2.05, 4.69) is 10.6 Å². The number of amides is 2. The van der Waals surface area contributed by atoms with Crippen LogP contribution in [-0.2, 0) is 32.4 Å². The summed E-state index contributed by atoms with van der Waals surface area (Å²) >= 11 is 6.23. The molecule has 1 atom stereocenters. The molecule has 3 N–H and O–H groups in total. The summed E-state index contributed by atoms with van der Waals surface area (Å²) < 4.78 is 45.7. The second-order valence-electron chi connectivity index (χ2n) is 13.9. The molecule has 0 radical (unpaired) electrons. The molecule has 55 heavy (non-hydrogen) atoms. The number of nitro groups is 1. The van der Waals surface area contributed by atoms with Gasteiger partial charge in [0.1, 0.15) is 28.8 Å². The molecule has 2 amide bonds. The molecular formula is C40H47ClN4O9S. The second-order valence-corrected chi connectivity index (χ2v) is 16.0. The molecule has 0 aliphatic rings. The molecule has 0 aromatic heterocycles. The molecule has 0 aliphatic heterocycles. The van der Waals surface area contributed by atoms with Crippen LogP contribution in [0.3, 0.4) is 0 Å². The van der Waals surface area contributed by atoms with E-state index in [-0.39, 0.29) is 12.1 Å². The van der Waals surface area contributed by atoms with E-state index in [0.29, 0.717) is 48.9 Å². The first kappa shape index (κ1) is 42.4. The van der Waals surface area contributed by atoms with Gasteiger partial charge in [0.2, 0.25) is 0 Å². The zero-order chi connectivity index (χ0) is 40.2. The number of ether oxygens (including phenoxy) is 3. The highest BCUT2D eigenvalue weighted by Gasteiger charge is 2.30. The zero-order valence-electron chi connectivity index (χ0n) is 31.5. The predicted octanol–water partition coefficient (Wildman–Crippen LogP) is 7.70. The molecule has 4 aromatic carbocycles. The Bertz CT molecular complexity index is 2030. The van der Waals surface area contributed by atoms with Crippen LogP contribution in [0.2, 0.25) is 5.02 Å². The van der Waals surface area contributed by atoms with Crippen molar-refractivity contribution in [1.82, 2.24) is 10.0 Å². The Labute approximate surface area is 326 Å². The number of aryl methyl sites for hydroxylation is 3. The summed E-state index contributed by atoms with van der Waals surface area (Å²) in [6, 6.07) is 22.2. The normalized spacial score (nSPS) is 12.0. The van der Waals surface area contributed by atoms with Gasteiger partial charge in [-0.3, -0.25) is 14.9 Å². The number of anilines is 1. The lowest BCUT2D eigenvalue weighted by molar-refractivity contribution is -0.384. The number of hydrogen-bond acceptors (Lipinski definition) is 10. The SMILES string of the molecule is Cc1cc(OCCCOc2ccc(C[C@H](NC(=O)OC(C)(C)C)C(=O)NS(=O)(=O)c3ccc(NCCCc4ccccc4)c([N+](=O)[O-])c3)cc2)cc(C)c1Cl. The number of hydrogen-bond donors (Lipinski definition) is 3. The van der Waals surface area contributed by atoms with Gasteiger partial charge >= 0.3 is 6.09 Å². The number of rotatable bonds is 18. The molecule has 0 aliphatic carbocycles. The first-order chi connectivity index (χ1) is 26.0. The van der Waals surface area contributed by atoms with E-state index in [9.17, 15) is 28.1 Å². The molecule has 4 aromatic rings. The van der Waals surface area contributed by atoms with Gasteiger partial charge in [0.05, 0.1) is 23.0 Å². The van der Waals surface area contributed by atoms with E-state index in [4.69, 9.17) is 25.8 Å². The van der Waals surface area contributed by atoms with E-state index in [1.54, 1.807) is 45.0 Å². The molecular weight excluding hydrogens is 748 g/mol. The van der Waals surface area contributed by atoms with Gasteiger partial charge in [0.15, 0.2) is 0 Å². The van der Waals surface area contributed by atoms with Gasteiger partial charge in [0, 0.05) is 30.5 Å². The topological polar surface area (TPSA) is 175 Å². The fraction of sp³-hybridized carbons (Fsp3) is 0.350. The van der Waals surface area contributed by atoms with Crippen molar-refractivity contribution in [2.75, 3.05) is 25.1 Å². The van der Waals surface area contributed by atoms with Gasteiger partial charge in [0.25, 0.3) is 21.6 Å². The lowest BCUT2D eigenvalue weighted by Gasteiger charge is -2.23. The summed E-state index contributed by atoms with van der Waals surface area (Å²) in [7, 11) is -4.61. The van der Waals surface area contributed by atoms with Crippen molar-refractivity contribution in [3.05, 3.63) is 122 Å². The molecule has 15 heteroatoms. The highest BCUT2D eigenvalue weighted by molar-refractivity contribution is 7.90. The fourth-order valence-corrected chi connectivity index (χ4v) is 6.59. The van der Waals surface area contributed by atoms with Crippen molar-refractivity contribution in [3.63, 3.8) is 0 Å². The third kappa shape index (κ3) is 13.5. The molecule has 13 nitrogen and oxygen atoms in total. The van der Waals surface area contributed by atoms with Crippen molar-refractivity contribution >= 4 is 45.0 Å². The average molecular weight is 795 g/mol. The molecule has 0 fully saturated rings. The van der Waals surface area contributed by atoms with Crippen LogP contribution in [0.1, 0.15) is 55.9 Å². The molecule has 294 valence electrons. The Kier molecular flexibility index (Phi) is 14.9. The van der Waals surface area contributed by atoms with E-state index in [1.807, 2.05) is 61.0 Å². The van der Waals surface area contributed by atoms with E-state index < -0.39 is 49.2 Å². The Hall–Kier alpha value is -5.34. The number of halogens is 1. The highest BCUT2D eigenvalue weighted by atomic mass is 35.5. The minimum Gasteiger partial charge on any atom is -0.493 e. The Morgan fingerprint density at radius 3 is 2.11 bits per heavy atom. The standard InChI is InChI=1S/C40H47ClN4O9S/c1-27-23-32(24-28(2)37(27)41)53-22-10-21-52-31-16-14-30(15-17-31)25-35(43-39(47)54-40(3,4)5)38(46)44-55(50,51)33-18-19-34(36(26-33)45(48)49)42-20-9-13-29-11-7-6-8-12-29/h6-8,11-12,14-19,23-24,26,35,42H,9-10,13,20-22,25H2,1-5H3,(H,43,47)(H,44,46)/t35-/m0/s1. The van der Waals surface area contributed by atoms with Crippen molar-refractivity contribution in [2.24, 2.45) is 0 Å². The third-order valence-corrected chi connectivity index (χ3v) is 10.1. The number of nitrogens with zero attached hydrogens (tertiary/aromatic N) is 1. The molecule has 0 spiro atoms. The largest absolute Gasteiger partial charge is 0.493 e. The van der Waals surface area contributed by atoms with Crippen molar-refractivity contribution in [3.8, 4) is 11.5 Å². The van der Waals surface area contributed by atoms with Crippen LogP contribution in [0.25, 0.3) is 0 Å². The molecule has 0 unspecified atom stereocenters. The first-order valence-corrected chi connectivity index (χ1v) is 19.6. The minimum atomic E-state index is -4.61. The molecule has 0 saturated carbocycles. The smallest absolute Gasteiger partial charge is 0.408 e. The maximum absolute atomic E-state index is 13.5. The number of carbonyl (C=O) groups excluding carboxylic acids is 2. The van der Waals surface area contributed by atoms with Crippen LogP contribution in [0.5, 0.6) is 11.5 Å². The number of nitrogens with one attached hydrogen (secondary N) is 3. The highest BCUT2D eigenvalue weighted by Crippen LogP contribution is 2.28. The van der Waals surface area contributed by atoms with Gasteiger partial charge in [-0.15, -0.1) is 0 Å². The Morgan fingerprint density at radius 2 is 1.49 bits per heavy atom. The van der Waals surface area contributed by atoms with Crippen LogP contribution >= 0.6 is 11.6 Å². The number of carbonyl (C=O) groups is 2. The van der Waals surface area contributed by atoms with Gasteiger partial charge in [-0.05, 0) is 106 Å². The van der Waals surface area contributed by atoms with Crippen molar-refractivity contribution in [1.29, 1.82) is 0 Å². The summed E-state index contributed by atoms with van der Waals surface area (Å²) in [5, 5.41) is 18.1.